The number of halogens is 1. The zero-order chi connectivity index (χ0) is 30.0. The van der Waals surface area contributed by atoms with E-state index in [0.717, 1.165) is 103 Å². The second-order valence-corrected chi connectivity index (χ2v) is 12.6. The molecule has 1 saturated heterocycles. The Labute approximate surface area is 258 Å². The molecule has 4 heterocycles. The first kappa shape index (κ1) is 28.8. The van der Waals surface area contributed by atoms with Crippen molar-refractivity contribution < 1.29 is 19.0 Å². The van der Waals surface area contributed by atoms with Crippen LogP contribution in [0.4, 0.5) is 10.1 Å². The number of aromatic nitrogens is 2. The number of pyridine rings is 1. The van der Waals surface area contributed by atoms with E-state index in [1.807, 2.05) is 30.3 Å². The van der Waals surface area contributed by atoms with Gasteiger partial charge in [-0.05, 0) is 93.6 Å². The van der Waals surface area contributed by atoms with Crippen molar-refractivity contribution in [1.82, 2.24) is 14.5 Å². The van der Waals surface area contributed by atoms with Gasteiger partial charge in [-0.3, -0.25) is 4.98 Å². The van der Waals surface area contributed by atoms with Gasteiger partial charge in [0.2, 0.25) is 0 Å². The summed E-state index contributed by atoms with van der Waals surface area (Å²) in [7, 11) is 0. The van der Waals surface area contributed by atoms with Crippen molar-refractivity contribution in [3.05, 3.63) is 77.6 Å². The molecule has 2 aromatic heterocycles. The fourth-order valence-corrected chi connectivity index (χ4v) is 7.54. The zero-order valence-corrected chi connectivity index (χ0v) is 25.2. The lowest BCUT2D eigenvalue weighted by atomic mass is 9.80. The van der Waals surface area contributed by atoms with Gasteiger partial charge in [0.15, 0.2) is 0 Å². The van der Waals surface area contributed by atoms with Gasteiger partial charge in [0.05, 0.1) is 17.0 Å². The van der Waals surface area contributed by atoms with Gasteiger partial charge in [0, 0.05) is 59.5 Å². The molecule has 1 saturated carbocycles. The number of hydrogen-bond donors (Lipinski definition) is 2. The standard InChI is InChI=1S/C36H41FN4O3/c37-31-9-2-1-8-28(31)34-30-12-10-24(36(42)43)21-33(30)41-20-15-25(14-19-40-17-5-6-18-40)39-32-22-27(11-13-29(32)35(34)41)44-23-26-7-3-4-16-38-26/h3-4,7,10-13,16,21-22,25,28,31,39H,1-2,5-6,8-9,14-15,17-20,23H2,(H,42,43)/t25?,28?,31-/m0/s1. The van der Waals surface area contributed by atoms with Crippen LogP contribution in [-0.2, 0) is 13.2 Å². The van der Waals surface area contributed by atoms with Crippen LogP contribution in [0, 0.1) is 0 Å². The molecular weight excluding hydrogens is 555 g/mol. The molecule has 0 spiro atoms. The van der Waals surface area contributed by atoms with Gasteiger partial charge in [-0.15, -0.1) is 0 Å². The van der Waals surface area contributed by atoms with E-state index in [2.05, 4.69) is 31.9 Å². The molecule has 7 nitrogen and oxygen atoms in total. The number of carbonyl (C=O) groups is 1. The van der Waals surface area contributed by atoms with Crippen LogP contribution in [0.15, 0.2) is 60.8 Å². The number of carboxylic acid groups (broad SMARTS) is 1. The molecule has 3 aliphatic rings. The summed E-state index contributed by atoms with van der Waals surface area (Å²) in [6.45, 7) is 4.46. The highest BCUT2D eigenvalue weighted by Gasteiger charge is 2.34. The van der Waals surface area contributed by atoms with Gasteiger partial charge in [-0.25, -0.2) is 9.18 Å². The average molecular weight is 597 g/mol. The molecule has 3 atom stereocenters. The Balaban J connectivity index is 1.34. The number of fused-ring (bicyclic) bond motifs is 5. The maximum absolute atomic E-state index is 15.8. The van der Waals surface area contributed by atoms with Crippen LogP contribution in [0.5, 0.6) is 5.75 Å². The van der Waals surface area contributed by atoms with Crippen molar-refractivity contribution >= 4 is 22.6 Å². The van der Waals surface area contributed by atoms with Gasteiger partial charge in [-0.2, -0.15) is 0 Å². The fourth-order valence-electron chi connectivity index (χ4n) is 7.54. The van der Waals surface area contributed by atoms with Crippen molar-refractivity contribution in [3.8, 4) is 17.0 Å². The molecule has 8 heteroatoms. The van der Waals surface area contributed by atoms with Gasteiger partial charge in [0.25, 0.3) is 0 Å². The number of nitrogens with zero attached hydrogens (tertiary/aromatic N) is 3. The molecular formula is C36H41FN4O3. The summed E-state index contributed by atoms with van der Waals surface area (Å²) in [5.74, 6) is -0.424. The summed E-state index contributed by atoms with van der Waals surface area (Å²) in [6.07, 6.45) is 8.52. The Bertz CT molecular complexity index is 1630. The minimum Gasteiger partial charge on any atom is -0.487 e. The average Bonchev–Trinajstić information content (AvgIpc) is 3.67. The lowest BCUT2D eigenvalue weighted by molar-refractivity contribution is 0.0697. The number of anilines is 1. The van der Waals surface area contributed by atoms with E-state index in [4.69, 9.17) is 4.74 Å². The van der Waals surface area contributed by atoms with Gasteiger partial charge in [-0.1, -0.05) is 25.0 Å². The first-order chi connectivity index (χ1) is 21.5. The Morgan fingerprint density at radius 3 is 2.66 bits per heavy atom. The number of nitrogens with one attached hydrogen (secondary N) is 1. The van der Waals surface area contributed by atoms with Crippen molar-refractivity contribution in [3.63, 3.8) is 0 Å². The number of aryl methyl sites for hydroxylation is 1. The second kappa shape index (κ2) is 12.6. The van der Waals surface area contributed by atoms with Crippen LogP contribution >= 0.6 is 0 Å². The molecule has 2 N–H and O–H groups in total. The Morgan fingerprint density at radius 1 is 1.00 bits per heavy atom. The zero-order valence-electron chi connectivity index (χ0n) is 25.2. The smallest absolute Gasteiger partial charge is 0.335 e. The third kappa shape index (κ3) is 5.80. The highest BCUT2D eigenvalue weighted by atomic mass is 19.1. The number of alkyl halides is 1. The summed E-state index contributed by atoms with van der Waals surface area (Å²) in [5.41, 5.74) is 6.02. The minimum absolute atomic E-state index is 0.223. The van der Waals surface area contributed by atoms with Crippen LogP contribution in [0.25, 0.3) is 22.2 Å². The highest BCUT2D eigenvalue weighted by molar-refractivity contribution is 5.99. The SMILES string of the molecule is O=C(O)c1ccc2c(C3CCCC[C@@H]3F)c3n(c2c1)CCC(CCN1CCCC1)Nc1cc(OCc2ccccn2)ccc1-3. The third-order valence-electron chi connectivity index (χ3n) is 9.82. The van der Waals surface area contributed by atoms with Crippen LogP contribution in [0.3, 0.4) is 0 Å². The minimum atomic E-state index is -0.948. The molecule has 4 aromatic rings. The summed E-state index contributed by atoms with van der Waals surface area (Å²) >= 11 is 0. The maximum atomic E-state index is 15.8. The van der Waals surface area contributed by atoms with E-state index >= 15 is 4.39 Å². The predicted octanol–water partition coefficient (Wildman–Crippen LogP) is 7.65. The number of hydrogen-bond acceptors (Lipinski definition) is 5. The van der Waals surface area contributed by atoms with E-state index in [0.29, 0.717) is 13.0 Å². The summed E-state index contributed by atoms with van der Waals surface area (Å²) in [4.78, 5) is 19.0. The van der Waals surface area contributed by atoms with Crippen LogP contribution in [0.2, 0.25) is 0 Å². The van der Waals surface area contributed by atoms with Gasteiger partial charge >= 0.3 is 5.97 Å². The van der Waals surface area contributed by atoms with Crippen molar-refractivity contribution in [2.24, 2.45) is 0 Å². The van der Waals surface area contributed by atoms with Crippen molar-refractivity contribution in [1.29, 1.82) is 0 Å². The molecule has 0 bridgehead atoms. The monoisotopic (exact) mass is 596 g/mol. The lowest BCUT2D eigenvalue weighted by Gasteiger charge is -2.31. The predicted molar refractivity (Wildman–Crippen MR) is 171 cm³/mol. The lowest BCUT2D eigenvalue weighted by Crippen LogP contribution is -2.30. The number of ether oxygens (including phenoxy) is 1. The van der Waals surface area contributed by atoms with E-state index in [9.17, 15) is 9.90 Å². The first-order valence-corrected chi connectivity index (χ1v) is 16.2. The number of carboxylic acids is 1. The summed E-state index contributed by atoms with van der Waals surface area (Å²) in [5, 5.41) is 14.7. The van der Waals surface area contributed by atoms with Gasteiger partial charge < -0.3 is 24.6 Å². The van der Waals surface area contributed by atoms with Crippen LogP contribution < -0.4 is 10.1 Å². The molecule has 2 fully saturated rings. The molecule has 230 valence electrons. The van der Waals surface area contributed by atoms with Gasteiger partial charge in [0.1, 0.15) is 18.5 Å². The number of likely N-dealkylation sites (tertiary alicyclic amines) is 1. The maximum Gasteiger partial charge on any atom is 0.335 e. The van der Waals surface area contributed by atoms with Crippen molar-refractivity contribution in [2.45, 2.75) is 82.6 Å². The van der Waals surface area contributed by atoms with Crippen molar-refractivity contribution in [2.75, 3.05) is 25.0 Å². The molecule has 2 unspecified atom stereocenters. The molecule has 44 heavy (non-hydrogen) atoms. The molecule has 2 aromatic carbocycles. The van der Waals surface area contributed by atoms with E-state index in [-0.39, 0.29) is 17.5 Å². The number of benzene rings is 2. The number of aromatic carboxylic acids is 1. The van der Waals surface area contributed by atoms with Crippen LogP contribution in [-0.4, -0.2) is 57.4 Å². The highest BCUT2D eigenvalue weighted by Crippen LogP contribution is 2.48. The Morgan fingerprint density at radius 2 is 1.86 bits per heavy atom. The molecule has 0 radical (unpaired) electrons. The van der Waals surface area contributed by atoms with Crippen LogP contribution in [0.1, 0.15) is 78.9 Å². The molecule has 7 rings (SSSR count). The van der Waals surface area contributed by atoms with E-state index in [1.54, 1.807) is 18.3 Å². The molecule has 0 amide bonds. The van der Waals surface area contributed by atoms with E-state index in [1.165, 1.54) is 12.8 Å². The summed E-state index contributed by atoms with van der Waals surface area (Å²) in [6, 6.07) is 17.6. The normalized spacial score (nSPS) is 22.1. The topological polar surface area (TPSA) is 79.6 Å². The van der Waals surface area contributed by atoms with E-state index < -0.39 is 12.1 Å². The number of rotatable bonds is 8. The first-order valence-electron chi connectivity index (χ1n) is 16.2. The Hall–Kier alpha value is -3.91. The second-order valence-electron chi connectivity index (χ2n) is 12.6. The fraction of sp³-hybridized carbons (Fsp3) is 0.444. The Kier molecular flexibility index (Phi) is 8.26. The molecule has 2 aliphatic heterocycles. The largest absolute Gasteiger partial charge is 0.487 e. The molecule has 1 aliphatic carbocycles. The summed E-state index contributed by atoms with van der Waals surface area (Å²) < 4.78 is 24.3. The quantitative estimate of drug-likeness (QED) is 0.218. The third-order valence-corrected chi connectivity index (χ3v) is 9.82.